The summed E-state index contributed by atoms with van der Waals surface area (Å²) < 4.78 is 0. The van der Waals surface area contributed by atoms with Crippen LogP contribution in [0.5, 0.6) is 0 Å². The van der Waals surface area contributed by atoms with Crippen LogP contribution in [0, 0.1) is 5.92 Å². The van der Waals surface area contributed by atoms with E-state index in [4.69, 9.17) is 0 Å². The highest BCUT2D eigenvalue weighted by Crippen LogP contribution is 2.30. The maximum absolute atomic E-state index is 3.22. The van der Waals surface area contributed by atoms with E-state index in [1.54, 1.807) is 0 Å². The quantitative estimate of drug-likeness (QED) is 0.610. The molecule has 1 N–H and O–H groups in total. The lowest BCUT2D eigenvalue weighted by molar-refractivity contribution is 0.629. The zero-order chi connectivity index (χ0) is 7.98. The second kappa shape index (κ2) is 6.12. The van der Waals surface area contributed by atoms with Crippen LogP contribution in [0.1, 0.15) is 20.3 Å². The van der Waals surface area contributed by atoms with Gasteiger partial charge in [-0.15, -0.1) is 0 Å². The lowest BCUT2D eigenvalue weighted by Crippen LogP contribution is -2.07. The van der Waals surface area contributed by atoms with Crippen molar-refractivity contribution in [3.05, 3.63) is 0 Å². The molecular formula is C8H20NP. The van der Waals surface area contributed by atoms with E-state index in [2.05, 4.69) is 25.8 Å². The van der Waals surface area contributed by atoms with Gasteiger partial charge in [0.1, 0.15) is 0 Å². The van der Waals surface area contributed by atoms with Gasteiger partial charge in [-0.05, 0) is 32.2 Å². The highest BCUT2D eigenvalue weighted by molar-refractivity contribution is 7.56. The maximum atomic E-state index is 3.22. The first-order valence-electron chi connectivity index (χ1n) is 4.00. The van der Waals surface area contributed by atoms with Gasteiger partial charge < -0.3 is 5.32 Å². The first kappa shape index (κ1) is 10.4. The van der Waals surface area contributed by atoms with Crippen molar-refractivity contribution in [2.75, 3.05) is 26.2 Å². The normalized spacial score (nSPS) is 14.1. The highest BCUT2D eigenvalue weighted by Gasteiger charge is 2.00. The maximum Gasteiger partial charge on any atom is 0.0150 e. The summed E-state index contributed by atoms with van der Waals surface area (Å²) in [6, 6.07) is 0. The summed E-state index contributed by atoms with van der Waals surface area (Å²) in [4.78, 5) is 0. The van der Waals surface area contributed by atoms with Gasteiger partial charge >= 0.3 is 0 Å². The lowest BCUT2D eigenvalue weighted by atomic mass is 10.2. The second-order valence-corrected chi connectivity index (χ2v) is 5.75. The molecule has 0 aromatic rings. The molecule has 0 saturated carbocycles. The van der Waals surface area contributed by atoms with Crippen molar-refractivity contribution in [3.63, 3.8) is 0 Å². The first-order chi connectivity index (χ1) is 4.66. The van der Waals surface area contributed by atoms with Crippen LogP contribution >= 0.6 is 7.92 Å². The van der Waals surface area contributed by atoms with E-state index in [0.29, 0.717) is 0 Å². The summed E-state index contributed by atoms with van der Waals surface area (Å²) in [5.41, 5.74) is 0. The smallest absolute Gasteiger partial charge is 0.0150 e. The van der Waals surface area contributed by atoms with Gasteiger partial charge in [-0.3, -0.25) is 0 Å². The lowest BCUT2D eigenvalue weighted by Gasteiger charge is -2.12. The van der Waals surface area contributed by atoms with Crippen molar-refractivity contribution in [1.29, 1.82) is 0 Å². The number of nitrogens with one attached hydrogen (secondary N) is 1. The molecule has 0 radical (unpaired) electrons. The zero-order valence-electron chi connectivity index (χ0n) is 7.65. The Labute approximate surface area is 66.3 Å². The van der Waals surface area contributed by atoms with E-state index in [1.165, 1.54) is 18.9 Å². The minimum atomic E-state index is 0.276. The summed E-state index contributed by atoms with van der Waals surface area (Å²) >= 11 is 0. The van der Waals surface area contributed by atoms with E-state index in [-0.39, 0.29) is 7.92 Å². The number of hydrogen-bond acceptors (Lipinski definition) is 1. The van der Waals surface area contributed by atoms with Gasteiger partial charge in [0.25, 0.3) is 0 Å². The molecule has 1 unspecified atom stereocenters. The molecule has 0 rings (SSSR count). The third-order valence-corrected chi connectivity index (χ3v) is 3.39. The Hall–Kier alpha value is 0.390. The SMILES string of the molecule is CNCP(C)CCC(C)C. The van der Waals surface area contributed by atoms with Crippen LogP contribution in [0.25, 0.3) is 0 Å². The van der Waals surface area contributed by atoms with Gasteiger partial charge in [0.15, 0.2) is 0 Å². The average Bonchev–Trinajstić information content (AvgIpc) is 1.85. The molecule has 0 aromatic heterocycles. The molecule has 0 amide bonds. The van der Waals surface area contributed by atoms with Gasteiger partial charge in [0, 0.05) is 6.29 Å². The molecule has 0 aliphatic rings. The van der Waals surface area contributed by atoms with Gasteiger partial charge in [-0.1, -0.05) is 21.8 Å². The van der Waals surface area contributed by atoms with E-state index in [1.807, 2.05) is 7.05 Å². The number of rotatable bonds is 5. The molecule has 0 saturated heterocycles. The third kappa shape index (κ3) is 6.51. The molecule has 62 valence electrons. The van der Waals surface area contributed by atoms with Crippen LogP contribution in [0.15, 0.2) is 0 Å². The Bertz CT molecular complexity index is 73.7. The van der Waals surface area contributed by atoms with Crippen LogP contribution in [-0.2, 0) is 0 Å². The Morgan fingerprint density at radius 1 is 1.40 bits per heavy atom. The van der Waals surface area contributed by atoms with Gasteiger partial charge in [0.05, 0.1) is 0 Å². The Balaban J connectivity index is 3.12. The second-order valence-electron chi connectivity index (χ2n) is 3.27. The molecule has 0 heterocycles. The summed E-state index contributed by atoms with van der Waals surface area (Å²) in [5, 5.41) is 3.22. The fraction of sp³-hybridized carbons (Fsp3) is 1.00. The van der Waals surface area contributed by atoms with Gasteiger partial charge in [0.2, 0.25) is 0 Å². The van der Waals surface area contributed by atoms with E-state index in [9.17, 15) is 0 Å². The fourth-order valence-electron chi connectivity index (χ4n) is 0.828. The van der Waals surface area contributed by atoms with Crippen molar-refractivity contribution in [1.82, 2.24) is 5.32 Å². The summed E-state index contributed by atoms with van der Waals surface area (Å²) in [7, 11) is 2.31. The average molecular weight is 161 g/mol. The first-order valence-corrected chi connectivity index (χ1v) is 6.16. The summed E-state index contributed by atoms with van der Waals surface area (Å²) in [6.07, 6.45) is 4.04. The topological polar surface area (TPSA) is 12.0 Å². The molecule has 0 fully saturated rings. The van der Waals surface area contributed by atoms with Crippen LogP contribution in [0.3, 0.4) is 0 Å². The number of hydrogen-bond donors (Lipinski definition) is 1. The summed E-state index contributed by atoms with van der Waals surface area (Å²) in [5.74, 6) is 0.877. The summed E-state index contributed by atoms with van der Waals surface area (Å²) in [6.45, 7) is 6.96. The minimum Gasteiger partial charge on any atom is -0.316 e. The van der Waals surface area contributed by atoms with Gasteiger partial charge in [-0.2, -0.15) is 0 Å². The van der Waals surface area contributed by atoms with Gasteiger partial charge in [-0.25, -0.2) is 0 Å². The van der Waals surface area contributed by atoms with Crippen LogP contribution < -0.4 is 5.32 Å². The van der Waals surface area contributed by atoms with Crippen molar-refractivity contribution >= 4 is 7.92 Å². The molecule has 1 nitrogen and oxygen atoms in total. The minimum absolute atomic E-state index is 0.276. The van der Waals surface area contributed by atoms with E-state index >= 15 is 0 Å². The third-order valence-electron chi connectivity index (χ3n) is 1.52. The van der Waals surface area contributed by atoms with E-state index < -0.39 is 0 Å². The van der Waals surface area contributed by atoms with Crippen LogP contribution in [-0.4, -0.2) is 26.2 Å². The largest absolute Gasteiger partial charge is 0.316 e. The van der Waals surface area contributed by atoms with Crippen LogP contribution in [0.2, 0.25) is 0 Å². The highest BCUT2D eigenvalue weighted by atomic mass is 31.1. The molecule has 1 atom stereocenters. The molecule has 10 heavy (non-hydrogen) atoms. The Morgan fingerprint density at radius 2 is 2.00 bits per heavy atom. The monoisotopic (exact) mass is 161 g/mol. The standard InChI is InChI=1S/C8H20NP/c1-8(2)5-6-10(4)7-9-3/h8-9H,5-7H2,1-4H3. The molecule has 2 heteroatoms. The van der Waals surface area contributed by atoms with Crippen molar-refractivity contribution in [2.45, 2.75) is 20.3 Å². The van der Waals surface area contributed by atoms with Crippen molar-refractivity contribution in [2.24, 2.45) is 5.92 Å². The molecule has 0 aliphatic carbocycles. The molecule has 0 aliphatic heterocycles. The Kier molecular flexibility index (Phi) is 6.36. The molecule has 0 bridgehead atoms. The molecule has 0 aromatic carbocycles. The zero-order valence-corrected chi connectivity index (χ0v) is 8.54. The fourth-order valence-corrected chi connectivity index (χ4v) is 2.48. The predicted octanol–water partition coefficient (Wildman–Crippen LogP) is 2.32. The van der Waals surface area contributed by atoms with Crippen LogP contribution in [0.4, 0.5) is 0 Å². The van der Waals surface area contributed by atoms with Crippen molar-refractivity contribution < 1.29 is 0 Å². The van der Waals surface area contributed by atoms with E-state index in [0.717, 1.165) is 5.92 Å². The molecule has 0 spiro atoms. The molecular weight excluding hydrogens is 141 g/mol. The predicted molar refractivity (Wildman–Crippen MR) is 51.1 cm³/mol. The van der Waals surface area contributed by atoms with Crippen molar-refractivity contribution in [3.8, 4) is 0 Å². The Morgan fingerprint density at radius 3 is 2.40 bits per heavy atom.